The Labute approximate surface area is 162 Å². The van der Waals surface area contributed by atoms with Gasteiger partial charge in [-0.15, -0.1) is 0 Å². The largest absolute Gasteiger partial charge is 0.385 e. The van der Waals surface area contributed by atoms with Gasteiger partial charge in [0.2, 0.25) is 5.95 Å². The zero-order chi connectivity index (χ0) is 19.1. The van der Waals surface area contributed by atoms with Crippen molar-refractivity contribution in [3.63, 3.8) is 0 Å². The van der Waals surface area contributed by atoms with Crippen LogP contribution in [0.25, 0.3) is 11.3 Å². The average Bonchev–Trinajstić information content (AvgIpc) is 2.69. The number of benzene rings is 2. The highest BCUT2D eigenvalue weighted by molar-refractivity contribution is 6.31. The number of methoxy groups -OCH3 is 1. The first-order valence-corrected chi connectivity index (χ1v) is 8.93. The number of anilines is 3. The first-order valence-electron chi connectivity index (χ1n) is 8.55. The second kappa shape index (κ2) is 9.30. The molecule has 0 unspecified atom stereocenters. The minimum atomic E-state index is -0.471. The summed E-state index contributed by atoms with van der Waals surface area (Å²) in [4.78, 5) is 9.06. The van der Waals surface area contributed by atoms with Crippen LogP contribution in [-0.2, 0) is 4.74 Å². The van der Waals surface area contributed by atoms with Gasteiger partial charge >= 0.3 is 0 Å². The van der Waals surface area contributed by atoms with Crippen molar-refractivity contribution < 1.29 is 9.13 Å². The second-order valence-electron chi connectivity index (χ2n) is 5.86. The van der Waals surface area contributed by atoms with E-state index in [1.54, 1.807) is 13.2 Å². The van der Waals surface area contributed by atoms with Crippen molar-refractivity contribution in [1.82, 2.24) is 9.97 Å². The monoisotopic (exact) mass is 386 g/mol. The number of ether oxygens (including phenoxy) is 1. The average molecular weight is 387 g/mol. The molecule has 0 atom stereocenters. The summed E-state index contributed by atoms with van der Waals surface area (Å²) in [7, 11) is 1.67. The van der Waals surface area contributed by atoms with Crippen LogP contribution >= 0.6 is 11.6 Å². The van der Waals surface area contributed by atoms with Gasteiger partial charge in [-0.25, -0.2) is 9.37 Å². The summed E-state index contributed by atoms with van der Waals surface area (Å²) in [6, 6.07) is 16.1. The maximum Gasteiger partial charge on any atom is 0.229 e. The first kappa shape index (κ1) is 19.1. The van der Waals surface area contributed by atoms with E-state index in [9.17, 15) is 4.39 Å². The molecule has 5 nitrogen and oxygen atoms in total. The van der Waals surface area contributed by atoms with Gasteiger partial charge in [0.15, 0.2) is 0 Å². The van der Waals surface area contributed by atoms with Gasteiger partial charge in [-0.05, 0) is 24.6 Å². The van der Waals surface area contributed by atoms with Crippen molar-refractivity contribution in [2.24, 2.45) is 0 Å². The van der Waals surface area contributed by atoms with Crippen LogP contribution in [0.3, 0.4) is 0 Å². The lowest BCUT2D eigenvalue weighted by Crippen LogP contribution is -2.08. The van der Waals surface area contributed by atoms with Crippen LogP contribution in [0, 0.1) is 5.82 Å². The van der Waals surface area contributed by atoms with Crippen molar-refractivity contribution in [2.75, 3.05) is 30.9 Å². The molecular weight excluding hydrogens is 367 g/mol. The number of nitrogens with one attached hydrogen (secondary N) is 2. The lowest BCUT2D eigenvalue weighted by Gasteiger charge is -2.12. The maximum atomic E-state index is 13.4. The van der Waals surface area contributed by atoms with E-state index in [4.69, 9.17) is 16.3 Å². The van der Waals surface area contributed by atoms with Crippen LogP contribution in [0.1, 0.15) is 6.42 Å². The van der Waals surface area contributed by atoms with E-state index in [0.29, 0.717) is 24.1 Å². The summed E-state index contributed by atoms with van der Waals surface area (Å²) < 4.78 is 18.4. The Morgan fingerprint density at radius 2 is 1.89 bits per heavy atom. The lowest BCUT2D eigenvalue weighted by molar-refractivity contribution is 0.198. The zero-order valence-electron chi connectivity index (χ0n) is 14.9. The predicted molar refractivity (Wildman–Crippen MR) is 107 cm³/mol. The third kappa shape index (κ3) is 5.39. The number of hydrogen-bond donors (Lipinski definition) is 2. The van der Waals surface area contributed by atoms with Crippen LogP contribution in [-0.4, -0.2) is 30.2 Å². The molecule has 0 aliphatic carbocycles. The summed E-state index contributed by atoms with van der Waals surface area (Å²) in [5.74, 6) is 0.616. The van der Waals surface area contributed by atoms with Gasteiger partial charge in [-0.3, -0.25) is 0 Å². The van der Waals surface area contributed by atoms with Crippen molar-refractivity contribution >= 4 is 29.1 Å². The van der Waals surface area contributed by atoms with Crippen molar-refractivity contribution in [1.29, 1.82) is 0 Å². The molecule has 0 spiro atoms. The third-order valence-electron chi connectivity index (χ3n) is 3.80. The number of rotatable bonds is 8. The number of nitrogens with zero attached hydrogens (tertiary/aromatic N) is 2. The van der Waals surface area contributed by atoms with E-state index >= 15 is 0 Å². The van der Waals surface area contributed by atoms with Crippen LogP contribution in [0.2, 0.25) is 5.02 Å². The second-order valence-corrected chi connectivity index (χ2v) is 6.26. The molecule has 0 aliphatic heterocycles. The molecule has 0 saturated heterocycles. The Kier molecular flexibility index (Phi) is 6.57. The minimum Gasteiger partial charge on any atom is -0.385 e. The minimum absolute atomic E-state index is 0.0390. The van der Waals surface area contributed by atoms with E-state index in [-0.39, 0.29) is 5.02 Å². The van der Waals surface area contributed by atoms with E-state index in [2.05, 4.69) is 20.6 Å². The molecule has 0 fully saturated rings. The highest BCUT2D eigenvalue weighted by atomic mass is 35.5. The Hall–Kier alpha value is -2.70. The number of hydrogen-bond acceptors (Lipinski definition) is 5. The van der Waals surface area contributed by atoms with E-state index < -0.39 is 5.82 Å². The number of halogens is 2. The Morgan fingerprint density at radius 1 is 1.07 bits per heavy atom. The Balaban J connectivity index is 1.87. The maximum absolute atomic E-state index is 13.4. The van der Waals surface area contributed by atoms with Gasteiger partial charge < -0.3 is 15.4 Å². The molecule has 0 radical (unpaired) electrons. The molecule has 2 aromatic carbocycles. The van der Waals surface area contributed by atoms with Crippen LogP contribution in [0.15, 0.2) is 54.6 Å². The van der Waals surface area contributed by atoms with Crippen LogP contribution < -0.4 is 10.6 Å². The molecule has 7 heteroatoms. The van der Waals surface area contributed by atoms with E-state index in [1.807, 2.05) is 36.4 Å². The van der Waals surface area contributed by atoms with E-state index in [1.165, 1.54) is 12.1 Å². The molecule has 1 aromatic heterocycles. The molecule has 2 N–H and O–H groups in total. The highest BCUT2D eigenvalue weighted by Crippen LogP contribution is 2.25. The standard InChI is InChI=1S/C20H20ClFN4O/c1-27-11-5-10-23-19-13-18(14-6-3-2-4-7-14)25-20(26-19)24-15-8-9-17(22)16(21)12-15/h2-4,6-9,12-13H,5,10-11H2,1H3,(H2,23,24,25,26). The third-order valence-corrected chi connectivity index (χ3v) is 4.09. The molecule has 0 amide bonds. The topological polar surface area (TPSA) is 59.1 Å². The van der Waals surface area contributed by atoms with Gasteiger partial charge in [-0.1, -0.05) is 41.9 Å². The molecule has 1 heterocycles. The quantitative estimate of drug-likeness (QED) is 0.526. The van der Waals surface area contributed by atoms with Gasteiger partial charge in [0.1, 0.15) is 11.6 Å². The van der Waals surface area contributed by atoms with E-state index in [0.717, 1.165) is 24.2 Å². The van der Waals surface area contributed by atoms with Gasteiger partial charge in [0.25, 0.3) is 0 Å². The molecule has 3 rings (SSSR count). The lowest BCUT2D eigenvalue weighted by atomic mass is 10.1. The first-order chi connectivity index (χ1) is 13.2. The van der Waals surface area contributed by atoms with Crippen molar-refractivity contribution in [2.45, 2.75) is 6.42 Å². The predicted octanol–water partition coefficient (Wildman–Crippen LogP) is 5.13. The summed E-state index contributed by atoms with van der Waals surface area (Å²) in [6.45, 7) is 1.39. The molecule has 3 aromatic rings. The summed E-state index contributed by atoms with van der Waals surface area (Å²) in [6.07, 6.45) is 0.859. The fraction of sp³-hybridized carbons (Fsp3) is 0.200. The van der Waals surface area contributed by atoms with Crippen LogP contribution in [0.5, 0.6) is 0 Å². The molecule has 0 saturated carbocycles. The summed E-state index contributed by atoms with van der Waals surface area (Å²) in [5, 5.41) is 6.40. The SMILES string of the molecule is COCCCNc1cc(-c2ccccc2)nc(Nc2ccc(F)c(Cl)c2)n1. The van der Waals surface area contributed by atoms with Gasteiger partial charge in [-0.2, -0.15) is 4.98 Å². The molecular formula is C20H20ClFN4O. The zero-order valence-corrected chi connectivity index (χ0v) is 15.6. The summed E-state index contributed by atoms with van der Waals surface area (Å²) >= 11 is 5.86. The molecule has 0 bridgehead atoms. The molecule has 140 valence electrons. The fourth-order valence-corrected chi connectivity index (χ4v) is 2.67. The number of aromatic nitrogens is 2. The van der Waals surface area contributed by atoms with Crippen LogP contribution in [0.4, 0.5) is 21.8 Å². The summed E-state index contributed by atoms with van der Waals surface area (Å²) in [5.41, 5.74) is 2.35. The van der Waals surface area contributed by atoms with Crippen molar-refractivity contribution in [3.05, 3.63) is 65.4 Å². The highest BCUT2D eigenvalue weighted by Gasteiger charge is 2.08. The van der Waals surface area contributed by atoms with Gasteiger partial charge in [0, 0.05) is 37.6 Å². The Bertz CT molecular complexity index is 892. The molecule has 27 heavy (non-hydrogen) atoms. The fourth-order valence-electron chi connectivity index (χ4n) is 2.49. The Morgan fingerprint density at radius 3 is 2.63 bits per heavy atom. The van der Waals surface area contributed by atoms with Gasteiger partial charge in [0.05, 0.1) is 10.7 Å². The molecule has 0 aliphatic rings. The smallest absolute Gasteiger partial charge is 0.229 e. The van der Waals surface area contributed by atoms with Crippen molar-refractivity contribution in [3.8, 4) is 11.3 Å². The normalized spacial score (nSPS) is 10.6.